The summed E-state index contributed by atoms with van der Waals surface area (Å²) in [6.45, 7) is 9.68. The second kappa shape index (κ2) is 7.76. The van der Waals surface area contributed by atoms with Crippen LogP contribution in [0.4, 0.5) is 5.13 Å². The average Bonchev–Trinajstić information content (AvgIpc) is 3.13. The maximum absolute atomic E-state index is 12.4. The van der Waals surface area contributed by atoms with E-state index in [0.717, 1.165) is 42.5 Å². The van der Waals surface area contributed by atoms with E-state index in [9.17, 15) is 4.79 Å². The Morgan fingerprint density at radius 3 is 3.04 bits per heavy atom. The highest BCUT2D eigenvalue weighted by molar-refractivity contribution is 7.15. The van der Waals surface area contributed by atoms with Crippen molar-refractivity contribution < 1.29 is 4.79 Å². The lowest BCUT2D eigenvalue weighted by Crippen LogP contribution is -2.33. The molecule has 24 heavy (non-hydrogen) atoms. The van der Waals surface area contributed by atoms with Crippen molar-refractivity contribution in [1.29, 1.82) is 0 Å². The molecule has 0 saturated carbocycles. The molecule has 2 aromatic rings. The van der Waals surface area contributed by atoms with E-state index in [1.165, 1.54) is 34.6 Å². The van der Waals surface area contributed by atoms with Crippen molar-refractivity contribution in [2.45, 2.75) is 46.6 Å². The van der Waals surface area contributed by atoms with Crippen molar-refractivity contribution in [3.63, 3.8) is 0 Å². The van der Waals surface area contributed by atoms with Crippen molar-refractivity contribution in [2.75, 3.05) is 18.4 Å². The number of anilines is 1. The molecule has 1 unspecified atom stereocenters. The van der Waals surface area contributed by atoms with Gasteiger partial charge in [0.2, 0.25) is 0 Å². The van der Waals surface area contributed by atoms with Crippen LogP contribution in [0.15, 0.2) is 11.4 Å². The van der Waals surface area contributed by atoms with E-state index in [1.54, 1.807) is 11.3 Å². The number of hydrogen-bond acceptors (Lipinski definition) is 5. The first-order valence-corrected chi connectivity index (χ1v) is 10.3. The molecule has 4 nitrogen and oxygen atoms in total. The summed E-state index contributed by atoms with van der Waals surface area (Å²) >= 11 is 3.09. The Bertz CT molecular complexity index is 707. The number of rotatable bonds is 5. The number of amides is 1. The summed E-state index contributed by atoms with van der Waals surface area (Å²) in [6.07, 6.45) is 3.57. The number of piperidine rings is 1. The molecular weight excluding hydrogens is 338 g/mol. The van der Waals surface area contributed by atoms with Crippen LogP contribution >= 0.6 is 22.7 Å². The molecule has 1 N–H and O–H groups in total. The molecule has 0 aromatic carbocycles. The second-order valence-corrected chi connectivity index (χ2v) is 8.65. The van der Waals surface area contributed by atoms with E-state index in [0.29, 0.717) is 5.13 Å². The second-order valence-electron chi connectivity index (χ2n) is 6.65. The first kappa shape index (κ1) is 17.6. The monoisotopic (exact) mass is 363 g/mol. The summed E-state index contributed by atoms with van der Waals surface area (Å²) in [6, 6.07) is 1.97. The number of carbonyl (C=O) groups excluding carboxylic acids is 1. The SMILES string of the molecule is CCc1sc(C(=O)Nc2nc(CN3CCCC(C)C3)cs2)cc1C. The fourth-order valence-corrected chi connectivity index (χ4v) is 4.94. The third-order valence-corrected chi connectivity index (χ3v) is 6.65. The van der Waals surface area contributed by atoms with Crippen LogP contribution in [0.3, 0.4) is 0 Å². The first-order valence-electron chi connectivity index (χ1n) is 8.62. The van der Waals surface area contributed by atoms with E-state index in [-0.39, 0.29) is 5.91 Å². The lowest BCUT2D eigenvalue weighted by Gasteiger charge is -2.30. The fraction of sp³-hybridized carbons (Fsp3) is 0.556. The number of nitrogens with one attached hydrogen (secondary N) is 1. The number of nitrogens with zero attached hydrogens (tertiary/aromatic N) is 2. The molecule has 1 amide bonds. The third kappa shape index (κ3) is 4.23. The summed E-state index contributed by atoms with van der Waals surface area (Å²) in [4.78, 5) is 21.5. The summed E-state index contributed by atoms with van der Waals surface area (Å²) in [5, 5.41) is 5.71. The van der Waals surface area contributed by atoms with E-state index in [1.807, 2.05) is 6.07 Å². The Kier molecular flexibility index (Phi) is 5.69. The van der Waals surface area contributed by atoms with E-state index in [2.05, 4.69) is 41.4 Å². The van der Waals surface area contributed by atoms with E-state index >= 15 is 0 Å². The zero-order chi connectivity index (χ0) is 17.1. The Labute approximate surface area is 151 Å². The zero-order valence-corrected chi connectivity index (χ0v) is 16.2. The number of thiazole rings is 1. The predicted octanol–water partition coefficient (Wildman–Crippen LogP) is 4.56. The molecule has 0 radical (unpaired) electrons. The van der Waals surface area contributed by atoms with Crippen LogP contribution in [-0.2, 0) is 13.0 Å². The number of thiophene rings is 1. The van der Waals surface area contributed by atoms with Crippen LogP contribution < -0.4 is 5.32 Å². The molecule has 1 aliphatic rings. The van der Waals surface area contributed by atoms with Gasteiger partial charge in [-0.15, -0.1) is 22.7 Å². The van der Waals surface area contributed by atoms with Crippen LogP contribution in [0.5, 0.6) is 0 Å². The smallest absolute Gasteiger partial charge is 0.267 e. The van der Waals surface area contributed by atoms with Gasteiger partial charge in [0.25, 0.3) is 5.91 Å². The Balaban J connectivity index is 1.59. The minimum atomic E-state index is -0.0460. The van der Waals surface area contributed by atoms with Crippen molar-refractivity contribution in [2.24, 2.45) is 5.92 Å². The lowest BCUT2D eigenvalue weighted by molar-refractivity contribution is 0.103. The van der Waals surface area contributed by atoms with Gasteiger partial charge in [-0.1, -0.05) is 13.8 Å². The molecule has 1 aliphatic heterocycles. The van der Waals surface area contributed by atoms with Crippen LogP contribution in [0, 0.1) is 12.8 Å². The number of aryl methyl sites for hydroxylation is 2. The number of hydrogen-bond donors (Lipinski definition) is 1. The Morgan fingerprint density at radius 2 is 2.33 bits per heavy atom. The van der Waals surface area contributed by atoms with Crippen molar-refractivity contribution in [3.8, 4) is 0 Å². The largest absolute Gasteiger partial charge is 0.297 e. The lowest BCUT2D eigenvalue weighted by atomic mass is 10.0. The standard InChI is InChI=1S/C18H25N3OS2/c1-4-15-13(3)8-16(24-15)17(22)20-18-19-14(11-23-18)10-21-7-5-6-12(2)9-21/h8,11-12H,4-7,9-10H2,1-3H3,(H,19,20,22). The van der Waals surface area contributed by atoms with Gasteiger partial charge in [0.05, 0.1) is 10.6 Å². The van der Waals surface area contributed by atoms with Gasteiger partial charge in [-0.25, -0.2) is 4.98 Å². The first-order chi connectivity index (χ1) is 11.5. The van der Waals surface area contributed by atoms with Gasteiger partial charge in [0.1, 0.15) is 0 Å². The summed E-state index contributed by atoms with van der Waals surface area (Å²) < 4.78 is 0. The third-order valence-electron chi connectivity index (χ3n) is 4.46. The van der Waals surface area contributed by atoms with Gasteiger partial charge < -0.3 is 0 Å². The van der Waals surface area contributed by atoms with Gasteiger partial charge in [-0.2, -0.15) is 0 Å². The minimum absolute atomic E-state index is 0.0460. The van der Waals surface area contributed by atoms with E-state index < -0.39 is 0 Å². The molecule has 1 saturated heterocycles. The van der Waals surface area contributed by atoms with Gasteiger partial charge in [0.15, 0.2) is 5.13 Å². The number of aromatic nitrogens is 1. The number of carbonyl (C=O) groups is 1. The molecular formula is C18H25N3OS2. The molecule has 0 spiro atoms. The molecule has 3 heterocycles. The van der Waals surface area contributed by atoms with Crippen molar-refractivity contribution in [1.82, 2.24) is 9.88 Å². The highest BCUT2D eigenvalue weighted by Crippen LogP contribution is 2.25. The fourth-order valence-electron chi connectivity index (χ4n) is 3.24. The Hall–Kier alpha value is -1.24. The predicted molar refractivity (Wildman–Crippen MR) is 102 cm³/mol. The molecule has 6 heteroatoms. The quantitative estimate of drug-likeness (QED) is 0.847. The van der Waals surface area contributed by atoms with Gasteiger partial charge in [-0.3, -0.25) is 15.0 Å². The van der Waals surface area contributed by atoms with E-state index in [4.69, 9.17) is 0 Å². The zero-order valence-electron chi connectivity index (χ0n) is 14.6. The van der Waals surface area contributed by atoms with Gasteiger partial charge >= 0.3 is 0 Å². The van der Waals surface area contributed by atoms with Crippen molar-refractivity contribution >= 4 is 33.7 Å². The normalized spacial score (nSPS) is 18.7. The van der Waals surface area contributed by atoms with Crippen LogP contribution in [0.25, 0.3) is 0 Å². The molecule has 1 fully saturated rings. The molecule has 0 aliphatic carbocycles. The molecule has 1 atom stereocenters. The van der Waals surface area contributed by atoms with Crippen LogP contribution in [-0.4, -0.2) is 28.9 Å². The highest BCUT2D eigenvalue weighted by atomic mass is 32.1. The van der Waals surface area contributed by atoms with Crippen LogP contribution in [0.2, 0.25) is 0 Å². The van der Waals surface area contributed by atoms with Gasteiger partial charge in [-0.05, 0) is 50.3 Å². The summed E-state index contributed by atoms with van der Waals surface area (Å²) in [5.41, 5.74) is 2.26. The minimum Gasteiger partial charge on any atom is -0.297 e. The summed E-state index contributed by atoms with van der Waals surface area (Å²) in [7, 11) is 0. The summed E-state index contributed by atoms with van der Waals surface area (Å²) in [5.74, 6) is 0.724. The van der Waals surface area contributed by atoms with Crippen molar-refractivity contribution in [3.05, 3.63) is 32.5 Å². The van der Waals surface area contributed by atoms with Crippen LogP contribution in [0.1, 0.15) is 52.5 Å². The average molecular weight is 364 g/mol. The molecule has 3 rings (SSSR count). The maximum Gasteiger partial charge on any atom is 0.267 e. The molecule has 2 aromatic heterocycles. The topological polar surface area (TPSA) is 45.2 Å². The Morgan fingerprint density at radius 1 is 1.50 bits per heavy atom. The van der Waals surface area contributed by atoms with Gasteiger partial charge in [0, 0.05) is 23.3 Å². The molecule has 130 valence electrons. The highest BCUT2D eigenvalue weighted by Gasteiger charge is 2.18. The number of likely N-dealkylation sites (tertiary alicyclic amines) is 1. The molecule has 0 bridgehead atoms. The maximum atomic E-state index is 12.4.